The van der Waals surface area contributed by atoms with Crippen molar-refractivity contribution in [3.63, 3.8) is 0 Å². The SMILES string of the molecule is COc1ccccc1[C@H]1C2=C(N=c3s/c(=C/c4cc(OC)c(OC)c(OC)c4)c(=O)n31)c1ccccc1CC2. The quantitative estimate of drug-likeness (QED) is 0.364. The highest BCUT2D eigenvalue weighted by Gasteiger charge is 2.34. The number of hydrogen-bond acceptors (Lipinski definition) is 7. The Bertz CT molecular complexity index is 1780. The number of hydrogen-bond donors (Lipinski definition) is 0. The first-order chi connectivity index (χ1) is 19.1. The number of fused-ring (bicyclic) bond motifs is 3. The predicted molar refractivity (Wildman–Crippen MR) is 152 cm³/mol. The molecule has 1 atom stereocenters. The summed E-state index contributed by atoms with van der Waals surface area (Å²) >= 11 is 1.38. The van der Waals surface area contributed by atoms with Crippen molar-refractivity contribution in [2.24, 2.45) is 4.99 Å². The van der Waals surface area contributed by atoms with Crippen molar-refractivity contribution >= 4 is 23.1 Å². The molecule has 0 saturated carbocycles. The van der Waals surface area contributed by atoms with Crippen LogP contribution in [0.5, 0.6) is 23.0 Å². The first-order valence-electron chi connectivity index (χ1n) is 12.6. The normalized spacial score (nSPS) is 16.1. The van der Waals surface area contributed by atoms with E-state index in [1.807, 2.05) is 53.1 Å². The predicted octanol–water partition coefficient (Wildman–Crippen LogP) is 4.35. The molecule has 1 aromatic heterocycles. The van der Waals surface area contributed by atoms with Crippen molar-refractivity contribution in [1.82, 2.24) is 4.57 Å². The molecular formula is C31H28N2O5S. The average Bonchev–Trinajstić information content (AvgIpc) is 3.29. The van der Waals surface area contributed by atoms with Gasteiger partial charge in [0.25, 0.3) is 5.56 Å². The zero-order chi connectivity index (χ0) is 27.1. The van der Waals surface area contributed by atoms with E-state index in [2.05, 4.69) is 18.2 Å². The van der Waals surface area contributed by atoms with Gasteiger partial charge in [-0.2, -0.15) is 0 Å². The first-order valence-corrected chi connectivity index (χ1v) is 13.5. The Morgan fingerprint density at radius 3 is 2.28 bits per heavy atom. The number of para-hydroxylation sites is 1. The molecule has 0 saturated heterocycles. The van der Waals surface area contributed by atoms with Crippen LogP contribution in [0, 0.1) is 0 Å². The monoisotopic (exact) mass is 540 g/mol. The zero-order valence-electron chi connectivity index (χ0n) is 22.2. The Morgan fingerprint density at radius 1 is 0.872 bits per heavy atom. The van der Waals surface area contributed by atoms with Crippen molar-refractivity contribution in [2.75, 3.05) is 28.4 Å². The fourth-order valence-electron chi connectivity index (χ4n) is 5.53. The van der Waals surface area contributed by atoms with Gasteiger partial charge in [0.1, 0.15) is 5.75 Å². The molecule has 6 rings (SSSR count). The van der Waals surface area contributed by atoms with Crippen LogP contribution in [-0.2, 0) is 6.42 Å². The summed E-state index contributed by atoms with van der Waals surface area (Å²) in [7, 11) is 6.38. The molecule has 3 aromatic carbocycles. The summed E-state index contributed by atoms with van der Waals surface area (Å²) in [5.74, 6) is 2.29. The number of ether oxygens (including phenoxy) is 4. The van der Waals surface area contributed by atoms with E-state index in [0.717, 1.165) is 46.6 Å². The van der Waals surface area contributed by atoms with Gasteiger partial charge in [-0.3, -0.25) is 9.36 Å². The summed E-state index contributed by atoms with van der Waals surface area (Å²) in [6.45, 7) is 0. The number of allylic oxidation sites excluding steroid dienone is 1. The number of aromatic nitrogens is 1. The third kappa shape index (κ3) is 4.12. The minimum absolute atomic E-state index is 0.103. The van der Waals surface area contributed by atoms with Crippen LogP contribution in [0.15, 0.2) is 76.0 Å². The number of methoxy groups -OCH3 is 4. The number of rotatable bonds is 6. The van der Waals surface area contributed by atoms with E-state index in [9.17, 15) is 4.79 Å². The van der Waals surface area contributed by atoms with E-state index in [-0.39, 0.29) is 11.6 Å². The fourth-order valence-corrected chi connectivity index (χ4v) is 6.53. The smallest absolute Gasteiger partial charge is 0.271 e. The average molecular weight is 541 g/mol. The highest BCUT2D eigenvalue weighted by atomic mass is 32.1. The number of benzene rings is 3. The van der Waals surface area contributed by atoms with Crippen LogP contribution in [-0.4, -0.2) is 33.0 Å². The summed E-state index contributed by atoms with van der Waals surface area (Å²) in [6.07, 6.45) is 3.56. The van der Waals surface area contributed by atoms with Crippen molar-refractivity contribution in [3.8, 4) is 23.0 Å². The standard InChI is InChI=1S/C31H28N2O5S/c1-35-23-12-8-7-11-21(23)28-22-14-13-19-9-5-6-10-20(19)27(22)32-31-33(28)30(34)26(39-31)17-18-15-24(36-2)29(38-4)25(16-18)37-3/h5-12,15-17,28H,13-14H2,1-4H3/b26-17+/t28-/m0/s1. The number of thiazole rings is 1. The van der Waals surface area contributed by atoms with Crippen molar-refractivity contribution in [3.05, 3.63) is 108 Å². The minimum atomic E-state index is -0.317. The molecule has 0 radical (unpaired) electrons. The Hall–Kier alpha value is -4.30. The Morgan fingerprint density at radius 2 is 1.56 bits per heavy atom. The molecule has 1 aliphatic carbocycles. The molecule has 2 aliphatic rings. The Labute approximate surface area is 229 Å². The van der Waals surface area contributed by atoms with Gasteiger partial charge in [0, 0.05) is 11.1 Å². The van der Waals surface area contributed by atoms with Crippen LogP contribution in [0.4, 0.5) is 0 Å². The molecule has 2 heterocycles. The Balaban J connectivity index is 1.61. The molecule has 0 amide bonds. The van der Waals surface area contributed by atoms with Gasteiger partial charge in [-0.25, -0.2) is 4.99 Å². The second-order valence-electron chi connectivity index (χ2n) is 9.31. The van der Waals surface area contributed by atoms with E-state index in [1.54, 1.807) is 28.4 Å². The molecule has 1 aliphatic heterocycles. The van der Waals surface area contributed by atoms with Gasteiger partial charge in [-0.1, -0.05) is 53.8 Å². The maximum atomic E-state index is 14.1. The molecular weight excluding hydrogens is 512 g/mol. The van der Waals surface area contributed by atoms with Crippen LogP contribution in [0.2, 0.25) is 0 Å². The van der Waals surface area contributed by atoms with Gasteiger partial charge in [0.05, 0.1) is 44.7 Å². The number of nitrogens with zero attached hydrogens (tertiary/aromatic N) is 2. The maximum absolute atomic E-state index is 14.1. The van der Waals surface area contributed by atoms with Crippen LogP contribution >= 0.6 is 11.3 Å². The van der Waals surface area contributed by atoms with Gasteiger partial charge in [-0.05, 0) is 53.8 Å². The molecule has 0 unspecified atom stereocenters. The van der Waals surface area contributed by atoms with Gasteiger partial charge in [0.15, 0.2) is 16.3 Å². The topological polar surface area (TPSA) is 71.3 Å². The van der Waals surface area contributed by atoms with Gasteiger partial charge in [-0.15, -0.1) is 0 Å². The van der Waals surface area contributed by atoms with Crippen molar-refractivity contribution in [2.45, 2.75) is 18.9 Å². The first kappa shape index (κ1) is 25.0. The van der Waals surface area contributed by atoms with Crippen LogP contribution in [0.25, 0.3) is 11.8 Å². The summed E-state index contributed by atoms with van der Waals surface area (Å²) < 4.78 is 24.7. The van der Waals surface area contributed by atoms with Crippen LogP contribution in [0.3, 0.4) is 0 Å². The molecule has 0 bridgehead atoms. The lowest BCUT2D eigenvalue weighted by molar-refractivity contribution is 0.324. The third-order valence-electron chi connectivity index (χ3n) is 7.29. The lowest BCUT2D eigenvalue weighted by Crippen LogP contribution is -2.39. The largest absolute Gasteiger partial charge is 0.496 e. The van der Waals surface area contributed by atoms with Gasteiger partial charge in [0.2, 0.25) is 5.75 Å². The third-order valence-corrected chi connectivity index (χ3v) is 8.27. The van der Waals surface area contributed by atoms with E-state index in [0.29, 0.717) is 26.6 Å². The van der Waals surface area contributed by atoms with E-state index in [1.165, 1.54) is 16.9 Å². The van der Waals surface area contributed by atoms with Gasteiger partial charge < -0.3 is 18.9 Å². The van der Waals surface area contributed by atoms with Gasteiger partial charge >= 0.3 is 0 Å². The zero-order valence-corrected chi connectivity index (χ0v) is 23.0. The van der Waals surface area contributed by atoms with Crippen LogP contribution in [0.1, 0.15) is 34.7 Å². The Kier molecular flexibility index (Phi) is 6.48. The molecule has 0 fully saturated rings. The fraction of sp³-hybridized carbons (Fsp3) is 0.226. The highest BCUT2D eigenvalue weighted by molar-refractivity contribution is 7.07. The van der Waals surface area contributed by atoms with Crippen molar-refractivity contribution < 1.29 is 18.9 Å². The highest BCUT2D eigenvalue weighted by Crippen LogP contribution is 2.43. The second kappa shape index (κ2) is 10.1. The lowest BCUT2D eigenvalue weighted by Gasteiger charge is -2.31. The van der Waals surface area contributed by atoms with Crippen molar-refractivity contribution in [1.29, 1.82) is 0 Å². The minimum Gasteiger partial charge on any atom is -0.496 e. The molecule has 8 heteroatoms. The summed E-state index contributed by atoms with van der Waals surface area (Å²) in [6, 6.07) is 19.7. The summed E-state index contributed by atoms with van der Waals surface area (Å²) in [5.41, 5.74) is 6.09. The van der Waals surface area contributed by atoms with E-state index in [4.69, 9.17) is 23.9 Å². The molecule has 0 spiro atoms. The molecule has 39 heavy (non-hydrogen) atoms. The summed E-state index contributed by atoms with van der Waals surface area (Å²) in [5, 5.41) is 0. The summed E-state index contributed by atoms with van der Waals surface area (Å²) in [4.78, 5) is 19.8. The molecule has 4 aromatic rings. The van der Waals surface area contributed by atoms with Crippen LogP contribution < -0.4 is 33.8 Å². The van der Waals surface area contributed by atoms with E-state index >= 15 is 0 Å². The molecule has 0 N–H and O–H groups in total. The number of aryl methyl sites for hydroxylation is 1. The second-order valence-corrected chi connectivity index (χ2v) is 10.3. The molecule has 7 nitrogen and oxygen atoms in total. The maximum Gasteiger partial charge on any atom is 0.271 e. The lowest BCUT2D eigenvalue weighted by atomic mass is 9.83. The van der Waals surface area contributed by atoms with E-state index < -0.39 is 0 Å². The molecule has 198 valence electrons.